The van der Waals surface area contributed by atoms with E-state index in [9.17, 15) is 4.79 Å². The molecular weight excluding hydrogens is 146 g/mol. The molecule has 0 unspecified atom stereocenters. The molecule has 0 aliphatic heterocycles. The van der Waals surface area contributed by atoms with Gasteiger partial charge in [0.05, 0.1) is 14.2 Å². The number of carbonyl (C=O) groups excluding carboxylic acids is 1. The van der Waals surface area contributed by atoms with Crippen LogP contribution in [0.25, 0.3) is 0 Å². The van der Waals surface area contributed by atoms with Crippen molar-refractivity contribution in [3.8, 4) is 0 Å². The summed E-state index contributed by atoms with van der Waals surface area (Å²) in [6, 6.07) is 0. The molecular formula is C7H13NO3. The van der Waals surface area contributed by atoms with Crippen molar-refractivity contribution in [2.45, 2.75) is 13.8 Å². The van der Waals surface area contributed by atoms with Crippen LogP contribution in [0.2, 0.25) is 0 Å². The summed E-state index contributed by atoms with van der Waals surface area (Å²) in [4.78, 5) is 20.4. The molecule has 0 aliphatic rings. The second kappa shape index (κ2) is 4.87. The number of allylic oxidation sites excluding steroid dienone is 1. The number of hydrogen-bond acceptors (Lipinski definition) is 3. The van der Waals surface area contributed by atoms with Crippen LogP contribution in [-0.2, 0) is 14.5 Å². The first kappa shape index (κ1) is 10.1. The Bertz CT molecular complexity index is 161. The van der Waals surface area contributed by atoms with Crippen LogP contribution in [0.3, 0.4) is 0 Å². The highest BCUT2D eigenvalue weighted by atomic mass is 16.9. The van der Waals surface area contributed by atoms with Crippen molar-refractivity contribution in [3.05, 3.63) is 11.6 Å². The molecule has 1 amide bonds. The lowest BCUT2D eigenvalue weighted by molar-refractivity contribution is -0.314. The van der Waals surface area contributed by atoms with Crippen LogP contribution in [-0.4, -0.2) is 25.4 Å². The summed E-state index contributed by atoms with van der Waals surface area (Å²) in [7, 11) is 2.73. The van der Waals surface area contributed by atoms with E-state index in [2.05, 4.69) is 9.68 Å². The molecule has 0 saturated heterocycles. The molecule has 0 heterocycles. The molecule has 4 nitrogen and oxygen atoms in total. The third-order valence-electron chi connectivity index (χ3n) is 1.27. The third kappa shape index (κ3) is 2.69. The number of nitrogens with zero attached hydrogens (tertiary/aromatic N) is 1. The minimum atomic E-state index is -0.294. The Hall–Kier alpha value is -0.870. The topological polar surface area (TPSA) is 38.8 Å². The summed E-state index contributed by atoms with van der Waals surface area (Å²) in [6.45, 7) is 3.46. The molecule has 0 N–H and O–H groups in total. The maximum Gasteiger partial charge on any atom is 0.299 e. The zero-order valence-corrected chi connectivity index (χ0v) is 7.25. The Morgan fingerprint density at radius 3 is 2.09 bits per heavy atom. The van der Waals surface area contributed by atoms with E-state index in [-0.39, 0.29) is 5.91 Å². The van der Waals surface area contributed by atoms with Crippen LogP contribution in [0.1, 0.15) is 13.8 Å². The molecule has 0 aromatic rings. The highest BCUT2D eigenvalue weighted by Crippen LogP contribution is 2.00. The van der Waals surface area contributed by atoms with Gasteiger partial charge in [0.25, 0.3) is 5.91 Å². The third-order valence-corrected chi connectivity index (χ3v) is 1.27. The van der Waals surface area contributed by atoms with Crippen molar-refractivity contribution < 1.29 is 14.5 Å². The van der Waals surface area contributed by atoms with Gasteiger partial charge in [0.15, 0.2) is 0 Å². The first-order valence-electron chi connectivity index (χ1n) is 3.23. The fourth-order valence-corrected chi connectivity index (χ4v) is 0.508. The second-order valence-corrected chi connectivity index (χ2v) is 1.90. The first-order chi connectivity index (χ1) is 5.17. The molecule has 0 rings (SSSR count). The average molecular weight is 159 g/mol. The molecule has 0 fully saturated rings. The summed E-state index contributed by atoms with van der Waals surface area (Å²) in [6.07, 6.45) is 1.69. The average Bonchev–Trinajstić information content (AvgIpc) is 2.05. The summed E-state index contributed by atoms with van der Waals surface area (Å²) in [5, 5.41) is 0.815. The highest BCUT2D eigenvalue weighted by molar-refractivity contribution is 5.91. The Labute approximate surface area is 66.3 Å². The zero-order valence-electron chi connectivity index (χ0n) is 7.25. The number of hydroxylamine groups is 2. The summed E-state index contributed by atoms with van der Waals surface area (Å²) < 4.78 is 0. The SMILES string of the molecule is CC=C(C)C(=O)N(OC)OC. The predicted molar refractivity (Wildman–Crippen MR) is 40.3 cm³/mol. The van der Waals surface area contributed by atoms with E-state index in [1.54, 1.807) is 19.9 Å². The summed E-state index contributed by atoms with van der Waals surface area (Å²) in [5.41, 5.74) is 0.578. The lowest BCUT2D eigenvalue weighted by atomic mass is 10.3. The molecule has 64 valence electrons. The molecule has 0 aromatic heterocycles. The lowest BCUT2D eigenvalue weighted by Gasteiger charge is -2.15. The van der Waals surface area contributed by atoms with Crippen molar-refractivity contribution in [1.82, 2.24) is 5.23 Å². The fraction of sp³-hybridized carbons (Fsp3) is 0.571. The molecule has 0 bridgehead atoms. The van der Waals surface area contributed by atoms with Gasteiger partial charge in [-0.1, -0.05) is 11.3 Å². The number of amides is 1. The summed E-state index contributed by atoms with van der Waals surface area (Å²) >= 11 is 0. The van der Waals surface area contributed by atoms with Crippen LogP contribution < -0.4 is 0 Å². The smallest absolute Gasteiger partial charge is 0.265 e. The minimum Gasteiger partial charge on any atom is -0.265 e. The van der Waals surface area contributed by atoms with Gasteiger partial charge in [-0.3, -0.25) is 4.79 Å². The monoisotopic (exact) mass is 159 g/mol. The van der Waals surface area contributed by atoms with Crippen LogP contribution in [0, 0.1) is 0 Å². The van der Waals surface area contributed by atoms with Gasteiger partial charge in [-0.15, -0.1) is 0 Å². The molecule has 0 saturated carbocycles. The quantitative estimate of drug-likeness (QED) is 0.453. The first-order valence-corrected chi connectivity index (χ1v) is 3.23. The van der Waals surface area contributed by atoms with Crippen LogP contribution >= 0.6 is 0 Å². The van der Waals surface area contributed by atoms with E-state index < -0.39 is 0 Å². The molecule has 0 radical (unpaired) electrons. The van der Waals surface area contributed by atoms with Crippen molar-refractivity contribution in [2.75, 3.05) is 14.2 Å². The van der Waals surface area contributed by atoms with E-state index in [1.165, 1.54) is 14.2 Å². The Morgan fingerprint density at radius 2 is 1.82 bits per heavy atom. The van der Waals surface area contributed by atoms with Gasteiger partial charge in [-0.25, -0.2) is 9.68 Å². The van der Waals surface area contributed by atoms with Crippen LogP contribution in [0.15, 0.2) is 11.6 Å². The van der Waals surface area contributed by atoms with Crippen LogP contribution in [0.4, 0.5) is 0 Å². The molecule has 0 aromatic carbocycles. The number of rotatable bonds is 3. The lowest BCUT2D eigenvalue weighted by Crippen LogP contribution is -2.29. The van der Waals surface area contributed by atoms with Crippen molar-refractivity contribution in [2.24, 2.45) is 0 Å². The molecule has 4 heteroatoms. The van der Waals surface area contributed by atoms with Crippen LogP contribution in [0.5, 0.6) is 0 Å². The Balaban J connectivity index is 4.21. The highest BCUT2D eigenvalue weighted by Gasteiger charge is 2.13. The molecule has 11 heavy (non-hydrogen) atoms. The van der Waals surface area contributed by atoms with Gasteiger partial charge in [0.2, 0.25) is 0 Å². The van der Waals surface area contributed by atoms with Crippen molar-refractivity contribution >= 4 is 5.91 Å². The number of carbonyl (C=O) groups is 1. The van der Waals surface area contributed by atoms with Gasteiger partial charge >= 0.3 is 0 Å². The largest absolute Gasteiger partial charge is 0.299 e. The number of hydrogen-bond donors (Lipinski definition) is 0. The van der Waals surface area contributed by atoms with Crippen molar-refractivity contribution in [3.63, 3.8) is 0 Å². The van der Waals surface area contributed by atoms with E-state index in [0.29, 0.717) is 5.57 Å². The minimum absolute atomic E-state index is 0.294. The molecule has 0 aliphatic carbocycles. The van der Waals surface area contributed by atoms with Gasteiger partial charge < -0.3 is 0 Å². The second-order valence-electron chi connectivity index (χ2n) is 1.90. The van der Waals surface area contributed by atoms with Crippen molar-refractivity contribution in [1.29, 1.82) is 0 Å². The van der Waals surface area contributed by atoms with E-state index in [1.807, 2.05) is 0 Å². The van der Waals surface area contributed by atoms with Gasteiger partial charge in [0.1, 0.15) is 0 Å². The summed E-state index contributed by atoms with van der Waals surface area (Å²) in [5.74, 6) is -0.294. The fourth-order valence-electron chi connectivity index (χ4n) is 0.508. The maximum absolute atomic E-state index is 11.1. The Kier molecular flexibility index (Phi) is 4.49. The predicted octanol–water partition coefficient (Wildman–Crippen LogP) is 0.904. The molecule has 0 atom stereocenters. The van der Waals surface area contributed by atoms with E-state index in [0.717, 1.165) is 5.23 Å². The normalized spacial score (nSPS) is 11.5. The van der Waals surface area contributed by atoms with E-state index in [4.69, 9.17) is 0 Å². The van der Waals surface area contributed by atoms with Gasteiger partial charge in [0, 0.05) is 5.57 Å². The Morgan fingerprint density at radius 1 is 1.36 bits per heavy atom. The zero-order chi connectivity index (χ0) is 8.85. The standard InChI is InChI=1S/C7H13NO3/c1-5-6(2)7(9)8(10-3)11-4/h5H,1-4H3. The van der Waals surface area contributed by atoms with Gasteiger partial charge in [-0.05, 0) is 13.8 Å². The van der Waals surface area contributed by atoms with Gasteiger partial charge in [-0.2, -0.15) is 0 Å². The molecule has 0 spiro atoms. The van der Waals surface area contributed by atoms with E-state index >= 15 is 0 Å². The maximum atomic E-state index is 11.1.